The van der Waals surface area contributed by atoms with Crippen molar-refractivity contribution >= 4 is 5.78 Å². The van der Waals surface area contributed by atoms with Gasteiger partial charge in [-0.05, 0) is 0 Å². The van der Waals surface area contributed by atoms with Crippen molar-refractivity contribution in [1.82, 2.24) is 0 Å². The lowest BCUT2D eigenvalue weighted by Gasteiger charge is -2.31. The molecule has 1 fully saturated rings. The number of rotatable bonds is 0. The predicted octanol–water partition coefficient (Wildman–Crippen LogP) is -0.0964. The minimum atomic E-state index is -0.362. The zero-order chi connectivity index (χ0) is 6.20. The molecule has 1 heterocycles. The molecule has 0 aromatic carbocycles. The Morgan fingerprint density at radius 3 is 2.50 bits per heavy atom. The van der Waals surface area contributed by atoms with Crippen LogP contribution in [0.25, 0.3) is 0 Å². The number of quaternary nitrogens is 1. The van der Waals surface area contributed by atoms with Gasteiger partial charge in [-0.2, -0.15) is 0 Å². The number of hydrogen-bond donors (Lipinski definition) is 0. The summed E-state index contributed by atoms with van der Waals surface area (Å²) < 4.78 is -0.362. The molecule has 3 nitrogen and oxygen atoms in total. The first kappa shape index (κ1) is 5.72. The maximum Gasteiger partial charge on any atom is 0.192 e. The number of hydrogen-bond acceptors (Lipinski definition) is 2. The van der Waals surface area contributed by atoms with E-state index in [9.17, 15) is 10.0 Å². The Balaban J connectivity index is 2.56. The molecular weight excluding hydrogens is 106 g/mol. The average molecular weight is 115 g/mol. The molecule has 0 aromatic heterocycles. The number of likely N-dealkylation sites (N-methyl/N-ethyl adjacent to an activating group) is 1. The van der Waals surface area contributed by atoms with Crippen LogP contribution in [0.5, 0.6) is 0 Å². The number of likely N-dealkylation sites (tertiary alicyclic amines) is 1. The van der Waals surface area contributed by atoms with E-state index in [4.69, 9.17) is 0 Å². The van der Waals surface area contributed by atoms with Crippen LogP contribution in [0.2, 0.25) is 0 Å². The van der Waals surface area contributed by atoms with Crippen LogP contribution in [-0.4, -0.2) is 30.6 Å². The Labute approximate surface area is 48.1 Å². The van der Waals surface area contributed by atoms with E-state index in [2.05, 4.69) is 0 Å². The van der Waals surface area contributed by atoms with Gasteiger partial charge in [0.1, 0.15) is 6.54 Å². The molecule has 8 heavy (non-hydrogen) atoms. The summed E-state index contributed by atoms with van der Waals surface area (Å²) >= 11 is 0. The summed E-state index contributed by atoms with van der Waals surface area (Å²) in [5, 5.41) is 10.8. The van der Waals surface area contributed by atoms with Gasteiger partial charge in [-0.3, -0.25) is 4.79 Å². The Hall–Kier alpha value is -0.410. The zero-order valence-electron chi connectivity index (χ0n) is 4.89. The van der Waals surface area contributed by atoms with Crippen LogP contribution in [0.4, 0.5) is 0 Å². The van der Waals surface area contributed by atoms with E-state index in [-0.39, 0.29) is 17.0 Å². The quantitative estimate of drug-likeness (QED) is 0.327. The van der Waals surface area contributed by atoms with E-state index < -0.39 is 0 Å². The van der Waals surface area contributed by atoms with Gasteiger partial charge >= 0.3 is 0 Å². The molecule has 0 radical (unpaired) electrons. The van der Waals surface area contributed by atoms with Crippen molar-refractivity contribution in [2.75, 3.05) is 20.1 Å². The molecule has 1 saturated heterocycles. The SMILES string of the molecule is C[N+]1([O-])CCC(=O)C1. The lowest BCUT2D eigenvalue weighted by Crippen LogP contribution is -2.34. The van der Waals surface area contributed by atoms with Crippen molar-refractivity contribution in [2.45, 2.75) is 6.42 Å². The van der Waals surface area contributed by atoms with E-state index in [0.29, 0.717) is 13.0 Å². The van der Waals surface area contributed by atoms with Gasteiger partial charge in [-0.15, -0.1) is 0 Å². The van der Waals surface area contributed by atoms with Crippen molar-refractivity contribution in [3.05, 3.63) is 5.21 Å². The molecule has 0 saturated carbocycles. The molecule has 0 spiro atoms. The van der Waals surface area contributed by atoms with E-state index in [0.717, 1.165) is 0 Å². The van der Waals surface area contributed by atoms with Crippen molar-refractivity contribution in [2.24, 2.45) is 0 Å². The molecule has 1 rings (SSSR count). The second kappa shape index (κ2) is 1.53. The maximum absolute atomic E-state index is 10.8. The first-order valence-corrected chi connectivity index (χ1v) is 2.67. The van der Waals surface area contributed by atoms with Crippen molar-refractivity contribution < 1.29 is 9.44 Å². The molecule has 0 N–H and O–H groups in total. The minimum Gasteiger partial charge on any atom is -0.633 e. The summed E-state index contributed by atoms with van der Waals surface area (Å²) in [6.07, 6.45) is 0.472. The first-order chi connectivity index (χ1) is 3.60. The second-order valence-electron chi connectivity index (χ2n) is 2.47. The van der Waals surface area contributed by atoms with E-state index in [1.54, 1.807) is 0 Å². The maximum atomic E-state index is 10.8. The number of nitrogens with zero attached hydrogens (tertiary/aromatic N) is 1. The van der Waals surface area contributed by atoms with Gasteiger partial charge in [-0.1, -0.05) is 0 Å². The Bertz CT molecular complexity index is 120. The van der Waals surface area contributed by atoms with E-state index >= 15 is 0 Å². The highest BCUT2D eigenvalue weighted by Crippen LogP contribution is 2.09. The standard InChI is InChI=1S/C5H9NO2/c1-6(8)3-2-5(7)4-6/h2-4H2,1H3. The number of carbonyl (C=O) groups is 1. The monoisotopic (exact) mass is 115 g/mol. The Kier molecular flexibility index (Phi) is 1.10. The van der Waals surface area contributed by atoms with Gasteiger partial charge in [0.15, 0.2) is 5.78 Å². The summed E-state index contributed by atoms with van der Waals surface area (Å²) in [5.41, 5.74) is 0. The van der Waals surface area contributed by atoms with Crippen LogP contribution < -0.4 is 0 Å². The van der Waals surface area contributed by atoms with Gasteiger partial charge in [0.25, 0.3) is 0 Å². The molecule has 0 aliphatic carbocycles. The molecule has 46 valence electrons. The normalized spacial score (nSPS) is 38.5. The third-order valence-electron chi connectivity index (χ3n) is 1.37. The predicted molar refractivity (Wildman–Crippen MR) is 28.9 cm³/mol. The van der Waals surface area contributed by atoms with Crippen LogP contribution in [-0.2, 0) is 4.79 Å². The lowest BCUT2D eigenvalue weighted by molar-refractivity contribution is -0.843. The van der Waals surface area contributed by atoms with Crippen molar-refractivity contribution in [1.29, 1.82) is 0 Å². The molecule has 1 unspecified atom stereocenters. The Morgan fingerprint density at radius 2 is 2.38 bits per heavy atom. The fourth-order valence-electron chi connectivity index (χ4n) is 0.892. The molecule has 1 atom stereocenters. The summed E-state index contributed by atoms with van der Waals surface area (Å²) in [6.45, 7) is 0.652. The minimum absolute atomic E-state index is 0.0995. The molecule has 0 amide bonds. The van der Waals surface area contributed by atoms with Gasteiger partial charge < -0.3 is 9.85 Å². The molecule has 0 aromatic rings. The average Bonchev–Trinajstić information content (AvgIpc) is 1.82. The lowest BCUT2D eigenvalue weighted by atomic mass is 10.4. The topological polar surface area (TPSA) is 40.1 Å². The third kappa shape index (κ3) is 1.05. The number of ketones is 1. The highest BCUT2D eigenvalue weighted by atomic mass is 16.5. The Morgan fingerprint density at radius 1 is 1.75 bits per heavy atom. The van der Waals surface area contributed by atoms with Crippen LogP contribution in [0.1, 0.15) is 6.42 Å². The van der Waals surface area contributed by atoms with Gasteiger partial charge in [0.2, 0.25) is 0 Å². The largest absolute Gasteiger partial charge is 0.633 e. The number of carbonyl (C=O) groups excluding carboxylic acids is 1. The number of Topliss-reactive ketones (excluding diaryl/α,β-unsaturated/α-hetero) is 1. The number of hydroxylamine groups is 3. The van der Waals surface area contributed by atoms with Crippen molar-refractivity contribution in [3.63, 3.8) is 0 Å². The first-order valence-electron chi connectivity index (χ1n) is 2.67. The zero-order valence-corrected chi connectivity index (χ0v) is 4.89. The highest BCUT2D eigenvalue weighted by molar-refractivity contribution is 5.81. The summed E-state index contributed by atoms with van der Waals surface area (Å²) in [7, 11) is 1.53. The molecular formula is C5H9NO2. The fraction of sp³-hybridized carbons (Fsp3) is 0.800. The molecule has 1 aliphatic heterocycles. The van der Waals surface area contributed by atoms with E-state index in [1.165, 1.54) is 7.05 Å². The van der Waals surface area contributed by atoms with Gasteiger partial charge in [0, 0.05) is 0 Å². The molecule has 1 aliphatic rings. The fourth-order valence-corrected chi connectivity index (χ4v) is 0.892. The van der Waals surface area contributed by atoms with Gasteiger partial charge in [0.05, 0.1) is 20.0 Å². The van der Waals surface area contributed by atoms with Crippen LogP contribution in [0, 0.1) is 5.21 Å². The summed E-state index contributed by atoms with van der Waals surface area (Å²) in [4.78, 5) is 10.4. The van der Waals surface area contributed by atoms with E-state index in [1.807, 2.05) is 0 Å². The highest BCUT2D eigenvalue weighted by Gasteiger charge is 2.24. The summed E-state index contributed by atoms with van der Waals surface area (Å²) in [6, 6.07) is 0. The summed E-state index contributed by atoms with van der Waals surface area (Å²) in [5.74, 6) is 0.0995. The van der Waals surface area contributed by atoms with Crippen LogP contribution in [0.15, 0.2) is 0 Å². The van der Waals surface area contributed by atoms with Crippen molar-refractivity contribution in [3.8, 4) is 0 Å². The molecule has 3 heteroatoms. The van der Waals surface area contributed by atoms with Gasteiger partial charge in [-0.25, -0.2) is 0 Å². The van der Waals surface area contributed by atoms with Crippen LogP contribution in [0.3, 0.4) is 0 Å². The smallest absolute Gasteiger partial charge is 0.192 e. The molecule has 0 bridgehead atoms. The van der Waals surface area contributed by atoms with Crippen LogP contribution >= 0.6 is 0 Å². The second-order valence-corrected chi connectivity index (χ2v) is 2.47. The third-order valence-corrected chi connectivity index (χ3v) is 1.37.